The summed E-state index contributed by atoms with van der Waals surface area (Å²) in [6, 6.07) is 18.8. The molecule has 0 saturated carbocycles. The maximum absolute atomic E-state index is 13.2. The number of carbonyl (C=O) groups excluding carboxylic acids is 3. The molecule has 0 aliphatic carbocycles. The van der Waals surface area contributed by atoms with E-state index in [-0.39, 0.29) is 22.8 Å². The van der Waals surface area contributed by atoms with Gasteiger partial charge >= 0.3 is 0 Å². The fourth-order valence-electron chi connectivity index (χ4n) is 3.47. The monoisotopic (exact) mass is 473 g/mol. The van der Waals surface area contributed by atoms with Gasteiger partial charge in [0.1, 0.15) is 12.4 Å². The molecule has 2 aromatic heterocycles. The van der Waals surface area contributed by atoms with Crippen LogP contribution in [0.15, 0.2) is 85.5 Å². The van der Waals surface area contributed by atoms with E-state index in [0.717, 1.165) is 11.1 Å². The van der Waals surface area contributed by atoms with Gasteiger partial charge in [-0.3, -0.25) is 19.0 Å². The molecule has 1 unspecified atom stereocenters. The standard InChI is InChI=1S/C25H20ClN5O3/c26-18-12-19(24(28-13-18)31-14-21(29-15-31)17-9-5-2-6-10-17)25(34)30-20(22(32)23(27)33)11-16-7-3-1-4-8-16/h1-10,12-15,20H,11H2,(H2,27,33)(H,30,34). The first-order valence-electron chi connectivity index (χ1n) is 10.4. The number of hydrogen-bond donors (Lipinski definition) is 2. The van der Waals surface area contributed by atoms with Crippen LogP contribution in [0.4, 0.5) is 0 Å². The van der Waals surface area contributed by atoms with E-state index in [4.69, 9.17) is 17.3 Å². The van der Waals surface area contributed by atoms with E-state index in [1.165, 1.54) is 18.6 Å². The first-order chi connectivity index (χ1) is 16.4. The zero-order valence-electron chi connectivity index (χ0n) is 17.9. The van der Waals surface area contributed by atoms with Gasteiger partial charge in [0.05, 0.1) is 16.3 Å². The zero-order chi connectivity index (χ0) is 24.1. The highest BCUT2D eigenvalue weighted by molar-refractivity contribution is 6.38. The number of halogens is 1. The lowest BCUT2D eigenvalue weighted by molar-refractivity contribution is -0.137. The number of ketones is 1. The van der Waals surface area contributed by atoms with Crippen LogP contribution >= 0.6 is 11.6 Å². The number of amides is 2. The summed E-state index contributed by atoms with van der Waals surface area (Å²) < 4.78 is 1.59. The van der Waals surface area contributed by atoms with E-state index in [0.29, 0.717) is 5.69 Å². The second-order valence-electron chi connectivity index (χ2n) is 7.50. The number of benzene rings is 2. The highest BCUT2D eigenvalue weighted by atomic mass is 35.5. The van der Waals surface area contributed by atoms with Crippen molar-refractivity contribution in [1.29, 1.82) is 0 Å². The number of nitrogens with zero attached hydrogens (tertiary/aromatic N) is 3. The Morgan fingerprint density at radius 2 is 1.68 bits per heavy atom. The molecule has 2 aromatic carbocycles. The number of carbonyl (C=O) groups is 3. The highest BCUT2D eigenvalue weighted by Gasteiger charge is 2.27. The lowest BCUT2D eigenvalue weighted by atomic mass is 10.0. The Morgan fingerprint density at radius 1 is 1.00 bits per heavy atom. The number of rotatable bonds is 8. The Balaban J connectivity index is 1.65. The molecular formula is C25H20ClN5O3. The Bertz CT molecular complexity index is 1340. The van der Waals surface area contributed by atoms with Crippen molar-refractivity contribution in [2.75, 3.05) is 0 Å². The molecule has 0 saturated heterocycles. The van der Waals surface area contributed by atoms with Crippen molar-refractivity contribution in [2.24, 2.45) is 5.73 Å². The Hall–Kier alpha value is -4.30. The van der Waals surface area contributed by atoms with E-state index in [9.17, 15) is 14.4 Å². The molecule has 0 aliphatic heterocycles. The zero-order valence-corrected chi connectivity index (χ0v) is 18.6. The van der Waals surface area contributed by atoms with Crippen LogP contribution < -0.4 is 11.1 Å². The van der Waals surface area contributed by atoms with Crippen LogP contribution in [0.25, 0.3) is 17.1 Å². The number of nitrogens with one attached hydrogen (secondary N) is 1. The van der Waals surface area contributed by atoms with Crippen molar-refractivity contribution in [2.45, 2.75) is 12.5 Å². The Morgan fingerprint density at radius 3 is 2.35 bits per heavy atom. The van der Waals surface area contributed by atoms with Crippen LogP contribution in [-0.2, 0) is 16.0 Å². The van der Waals surface area contributed by atoms with Gasteiger partial charge in [-0.25, -0.2) is 9.97 Å². The molecule has 0 bridgehead atoms. The van der Waals surface area contributed by atoms with E-state index in [1.54, 1.807) is 35.0 Å². The summed E-state index contributed by atoms with van der Waals surface area (Å²) in [5.41, 5.74) is 7.68. The van der Waals surface area contributed by atoms with Crippen LogP contribution in [0.5, 0.6) is 0 Å². The predicted octanol–water partition coefficient (Wildman–Crippen LogP) is 2.98. The first-order valence-corrected chi connectivity index (χ1v) is 10.7. The summed E-state index contributed by atoms with van der Waals surface area (Å²) in [6.45, 7) is 0. The van der Waals surface area contributed by atoms with Gasteiger partial charge in [0.15, 0.2) is 5.82 Å². The molecule has 1 atom stereocenters. The minimum atomic E-state index is -1.15. The van der Waals surface area contributed by atoms with Crippen molar-refractivity contribution in [1.82, 2.24) is 19.9 Å². The predicted molar refractivity (Wildman–Crippen MR) is 127 cm³/mol. The van der Waals surface area contributed by atoms with Gasteiger partial charge in [-0.05, 0) is 11.6 Å². The second kappa shape index (κ2) is 10.1. The van der Waals surface area contributed by atoms with Crippen molar-refractivity contribution in [3.05, 3.63) is 102 Å². The lowest BCUT2D eigenvalue weighted by Crippen LogP contribution is -2.47. The molecule has 0 aliphatic rings. The Labute approximate surface area is 200 Å². The molecule has 0 fully saturated rings. The molecule has 4 rings (SSSR count). The Kier molecular flexibility index (Phi) is 6.79. The van der Waals surface area contributed by atoms with Crippen LogP contribution in [0.2, 0.25) is 5.02 Å². The number of primary amides is 1. The third-order valence-electron chi connectivity index (χ3n) is 5.12. The van der Waals surface area contributed by atoms with Crippen molar-refractivity contribution < 1.29 is 14.4 Å². The fourth-order valence-corrected chi connectivity index (χ4v) is 3.63. The third kappa shape index (κ3) is 5.19. The van der Waals surface area contributed by atoms with E-state index >= 15 is 0 Å². The molecule has 2 amide bonds. The van der Waals surface area contributed by atoms with E-state index in [2.05, 4.69) is 15.3 Å². The minimum Gasteiger partial charge on any atom is -0.363 e. The summed E-state index contributed by atoms with van der Waals surface area (Å²) in [5.74, 6) is -2.40. The molecule has 34 heavy (non-hydrogen) atoms. The molecule has 0 radical (unpaired) electrons. The molecule has 8 nitrogen and oxygen atoms in total. The smallest absolute Gasteiger partial charge is 0.287 e. The SMILES string of the molecule is NC(=O)C(=O)C(Cc1ccccc1)NC(=O)c1cc(Cl)cnc1-n1cnc(-c2ccccc2)c1. The molecule has 170 valence electrons. The minimum absolute atomic E-state index is 0.0981. The van der Waals surface area contributed by atoms with Gasteiger partial charge in [0.25, 0.3) is 11.8 Å². The average molecular weight is 474 g/mol. The molecule has 9 heteroatoms. The van der Waals surface area contributed by atoms with Gasteiger partial charge in [-0.2, -0.15) is 0 Å². The van der Waals surface area contributed by atoms with Gasteiger partial charge in [0, 0.05) is 24.4 Å². The summed E-state index contributed by atoms with van der Waals surface area (Å²) >= 11 is 6.12. The molecule has 3 N–H and O–H groups in total. The molecule has 0 spiro atoms. The highest BCUT2D eigenvalue weighted by Crippen LogP contribution is 2.21. The normalized spacial score (nSPS) is 11.6. The summed E-state index contributed by atoms with van der Waals surface area (Å²) in [6.07, 6.45) is 4.77. The van der Waals surface area contributed by atoms with Crippen LogP contribution in [-0.4, -0.2) is 38.2 Å². The van der Waals surface area contributed by atoms with Gasteiger partial charge < -0.3 is 11.1 Å². The maximum atomic E-state index is 13.2. The van der Waals surface area contributed by atoms with Crippen molar-refractivity contribution >= 4 is 29.2 Å². The number of Topliss-reactive ketones (excluding diaryl/α,β-unsaturated/α-hetero) is 1. The summed E-state index contributed by atoms with van der Waals surface area (Å²) in [5, 5.41) is 2.85. The fraction of sp³-hybridized carbons (Fsp3) is 0.0800. The average Bonchev–Trinajstić information content (AvgIpc) is 3.34. The topological polar surface area (TPSA) is 120 Å². The van der Waals surface area contributed by atoms with Crippen LogP contribution in [0, 0.1) is 0 Å². The van der Waals surface area contributed by atoms with Gasteiger partial charge in [-0.15, -0.1) is 0 Å². The number of aromatic nitrogens is 3. The number of pyridine rings is 1. The largest absolute Gasteiger partial charge is 0.363 e. The van der Waals surface area contributed by atoms with Gasteiger partial charge in [0.2, 0.25) is 5.78 Å². The quantitative estimate of drug-likeness (QED) is 0.381. The second-order valence-corrected chi connectivity index (χ2v) is 7.94. The molecule has 2 heterocycles. The number of hydrogen-bond acceptors (Lipinski definition) is 5. The first kappa shape index (κ1) is 22.9. The lowest BCUT2D eigenvalue weighted by Gasteiger charge is -2.17. The number of nitrogens with two attached hydrogens (primary N) is 1. The number of imidazole rings is 1. The molecular weight excluding hydrogens is 454 g/mol. The summed E-state index contributed by atoms with van der Waals surface area (Å²) in [7, 11) is 0. The van der Waals surface area contributed by atoms with Crippen molar-refractivity contribution in [3.63, 3.8) is 0 Å². The molecule has 4 aromatic rings. The summed E-state index contributed by atoms with van der Waals surface area (Å²) in [4.78, 5) is 46.0. The van der Waals surface area contributed by atoms with E-state index in [1.807, 2.05) is 36.4 Å². The van der Waals surface area contributed by atoms with Gasteiger partial charge in [-0.1, -0.05) is 72.3 Å². The van der Waals surface area contributed by atoms with E-state index < -0.39 is 23.6 Å². The third-order valence-corrected chi connectivity index (χ3v) is 5.33. The van der Waals surface area contributed by atoms with Crippen molar-refractivity contribution in [3.8, 4) is 17.1 Å². The maximum Gasteiger partial charge on any atom is 0.287 e. The van der Waals surface area contributed by atoms with Crippen LogP contribution in [0.3, 0.4) is 0 Å². The van der Waals surface area contributed by atoms with Crippen LogP contribution in [0.1, 0.15) is 15.9 Å².